The monoisotopic (exact) mass is 399 g/mol. The Hall–Kier alpha value is -3.03. The van der Waals surface area contributed by atoms with Crippen molar-refractivity contribution in [2.24, 2.45) is 5.10 Å². The van der Waals surface area contributed by atoms with E-state index in [1.54, 1.807) is 6.07 Å². The highest BCUT2D eigenvalue weighted by Gasteiger charge is 2.14. The van der Waals surface area contributed by atoms with Crippen LogP contribution in [0.4, 0.5) is 5.69 Å². The van der Waals surface area contributed by atoms with Gasteiger partial charge in [-0.1, -0.05) is 47.5 Å². The molecular formula is C19H14ClN3O3S. The van der Waals surface area contributed by atoms with Gasteiger partial charge in [0.05, 0.1) is 11.1 Å². The summed E-state index contributed by atoms with van der Waals surface area (Å²) in [5, 5.41) is 16.7. The molecule has 0 fully saturated rings. The molecule has 0 bridgehead atoms. The van der Waals surface area contributed by atoms with Crippen molar-refractivity contribution in [3.05, 3.63) is 85.1 Å². The van der Waals surface area contributed by atoms with Gasteiger partial charge < -0.3 is 0 Å². The zero-order valence-electron chi connectivity index (χ0n) is 14.2. The van der Waals surface area contributed by atoms with E-state index in [9.17, 15) is 14.9 Å². The normalized spacial score (nSPS) is 10.9. The van der Waals surface area contributed by atoms with Gasteiger partial charge in [-0.25, -0.2) is 5.43 Å². The van der Waals surface area contributed by atoms with Gasteiger partial charge in [-0.05, 0) is 30.0 Å². The van der Waals surface area contributed by atoms with Gasteiger partial charge in [-0.2, -0.15) is 5.10 Å². The lowest BCUT2D eigenvalue weighted by molar-refractivity contribution is -0.384. The molecule has 2 aromatic carbocycles. The Morgan fingerprint density at radius 1 is 1.22 bits per heavy atom. The third kappa shape index (κ3) is 4.39. The Morgan fingerprint density at radius 2 is 1.96 bits per heavy atom. The number of aryl methyl sites for hydroxylation is 1. The largest absolute Gasteiger partial charge is 0.288 e. The van der Waals surface area contributed by atoms with Crippen LogP contribution in [0.5, 0.6) is 0 Å². The van der Waals surface area contributed by atoms with E-state index in [2.05, 4.69) is 10.5 Å². The second-order valence-corrected chi connectivity index (χ2v) is 7.02. The van der Waals surface area contributed by atoms with Crippen LogP contribution in [0.25, 0.3) is 11.1 Å². The maximum Gasteiger partial charge on any atom is 0.288 e. The quantitative estimate of drug-likeness (QED) is 0.370. The van der Waals surface area contributed by atoms with Gasteiger partial charge in [0.25, 0.3) is 11.6 Å². The molecule has 0 saturated heterocycles. The Kier molecular flexibility index (Phi) is 5.63. The van der Waals surface area contributed by atoms with Crippen LogP contribution < -0.4 is 5.43 Å². The van der Waals surface area contributed by atoms with E-state index in [0.717, 1.165) is 16.7 Å². The van der Waals surface area contributed by atoms with Crippen molar-refractivity contribution < 1.29 is 9.72 Å². The van der Waals surface area contributed by atoms with Gasteiger partial charge in [0.15, 0.2) is 0 Å². The molecule has 3 rings (SSSR count). The smallest absolute Gasteiger partial charge is 0.266 e. The molecule has 0 aliphatic heterocycles. The number of halogens is 1. The minimum absolute atomic E-state index is 0.0440. The minimum atomic E-state index is -0.572. The fourth-order valence-corrected chi connectivity index (χ4v) is 3.40. The number of nitro benzene ring substituents is 1. The molecular weight excluding hydrogens is 386 g/mol. The van der Waals surface area contributed by atoms with Gasteiger partial charge in [0.2, 0.25) is 0 Å². The number of benzene rings is 2. The lowest BCUT2D eigenvalue weighted by Crippen LogP contribution is -2.17. The van der Waals surface area contributed by atoms with Crippen molar-refractivity contribution in [2.75, 3.05) is 0 Å². The molecule has 0 saturated carbocycles. The highest BCUT2D eigenvalue weighted by Crippen LogP contribution is 2.28. The second-order valence-electron chi connectivity index (χ2n) is 5.70. The van der Waals surface area contributed by atoms with Gasteiger partial charge in [-0.3, -0.25) is 14.9 Å². The molecule has 136 valence electrons. The lowest BCUT2D eigenvalue weighted by atomic mass is 10.1. The third-order valence-corrected chi connectivity index (χ3v) is 5.01. The molecule has 0 spiro atoms. The first-order chi connectivity index (χ1) is 13.0. The second kappa shape index (κ2) is 8.11. The SMILES string of the molecule is Cc1ccc(-c2ccsc2C(=O)N/N=C\c2ccc(Cl)c([N+](=O)[O-])c2)cc1. The summed E-state index contributed by atoms with van der Waals surface area (Å²) >= 11 is 7.09. The lowest BCUT2D eigenvalue weighted by Gasteiger charge is -2.04. The average molecular weight is 400 g/mol. The molecule has 0 radical (unpaired) electrons. The fraction of sp³-hybridized carbons (Fsp3) is 0.0526. The van der Waals surface area contributed by atoms with Crippen molar-refractivity contribution in [3.8, 4) is 11.1 Å². The van der Waals surface area contributed by atoms with Crippen LogP contribution in [0, 0.1) is 17.0 Å². The number of hydrogen-bond donors (Lipinski definition) is 1. The van der Waals surface area contributed by atoms with Crippen molar-refractivity contribution in [1.82, 2.24) is 5.43 Å². The zero-order chi connectivity index (χ0) is 19.4. The van der Waals surface area contributed by atoms with E-state index in [1.807, 2.05) is 42.6 Å². The number of amides is 1. The van der Waals surface area contributed by atoms with Crippen molar-refractivity contribution in [2.45, 2.75) is 6.92 Å². The van der Waals surface area contributed by atoms with Crippen LogP contribution >= 0.6 is 22.9 Å². The number of carbonyl (C=O) groups excluding carboxylic acids is 1. The van der Waals surface area contributed by atoms with Crippen molar-refractivity contribution in [3.63, 3.8) is 0 Å². The molecule has 0 aliphatic rings. The topological polar surface area (TPSA) is 84.6 Å². The molecule has 8 heteroatoms. The summed E-state index contributed by atoms with van der Waals surface area (Å²) in [5.74, 6) is -0.347. The number of nitrogens with one attached hydrogen (secondary N) is 1. The first-order valence-corrected chi connectivity index (χ1v) is 9.13. The number of carbonyl (C=O) groups is 1. The highest BCUT2D eigenvalue weighted by molar-refractivity contribution is 7.12. The van der Waals surface area contributed by atoms with E-state index in [4.69, 9.17) is 11.6 Å². The fourth-order valence-electron chi connectivity index (χ4n) is 2.41. The first-order valence-electron chi connectivity index (χ1n) is 7.87. The third-order valence-electron chi connectivity index (χ3n) is 3.78. The van der Waals surface area contributed by atoms with E-state index < -0.39 is 4.92 Å². The number of nitrogens with zero attached hydrogens (tertiary/aromatic N) is 2. The van der Waals surface area contributed by atoms with Crippen LogP contribution in [0.3, 0.4) is 0 Å². The van der Waals surface area contributed by atoms with Gasteiger partial charge in [-0.15, -0.1) is 11.3 Å². The summed E-state index contributed by atoms with van der Waals surface area (Å²) in [5.41, 5.74) is 5.61. The number of thiophene rings is 1. The maximum atomic E-state index is 12.4. The van der Waals surface area contributed by atoms with E-state index in [1.165, 1.54) is 29.7 Å². The number of hydrazone groups is 1. The predicted octanol–water partition coefficient (Wildman–Crippen LogP) is 5.05. The number of rotatable bonds is 5. The van der Waals surface area contributed by atoms with Gasteiger partial charge >= 0.3 is 0 Å². The molecule has 1 amide bonds. The number of hydrogen-bond acceptors (Lipinski definition) is 5. The maximum absolute atomic E-state index is 12.4. The Labute approximate surface area is 164 Å². The standard InChI is InChI=1S/C19H14ClN3O3S/c1-12-2-5-14(6-3-12)15-8-9-27-18(15)19(24)22-21-11-13-4-7-16(20)17(10-13)23(25)26/h2-11H,1H3,(H,22,24)/b21-11-. The van der Waals surface area contributed by atoms with Gasteiger partial charge in [0, 0.05) is 17.2 Å². The van der Waals surface area contributed by atoms with Crippen LogP contribution in [0.15, 0.2) is 59.0 Å². The molecule has 1 heterocycles. The van der Waals surface area contributed by atoms with Crippen LogP contribution in [0.2, 0.25) is 5.02 Å². The summed E-state index contributed by atoms with van der Waals surface area (Å²) < 4.78 is 0. The zero-order valence-corrected chi connectivity index (χ0v) is 15.8. The summed E-state index contributed by atoms with van der Waals surface area (Å²) in [6.07, 6.45) is 1.33. The van der Waals surface area contributed by atoms with Crippen LogP contribution in [-0.4, -0.2) is 17.0 Å². The molecule has 27 heavy (non-hydrogen) atoms. The summed E-state index contributed by atoms with van der Waals surface area (Å²) in [6, 6.07) is 14.1. The minimum Gasteiger partial charge on any atom is -0.266 e. The Bertz CT molecular complexity index is 1030. The van der Waals surface area contributed by atoms with Gasteiger partial charge in [0.1, 0.15) is 9.90 Å². The molecule has 0 unspecified atom stereocenters. The molecule has 1 N–H and O–H groups in total. The average Bonchev–Trinajstić information content (AvgIpc) is 3.13. The molecule has 6 nitrogen and oxygen atoms in total. The predicted molar refractivity (Wildman–Crippen MR) is 108 cm³/mol. The molecule has 0 aliphatic carbocycles. The Morgan fingerprint density at radius 3 is 2.67 bits per heavy atom. The van der Waals surface area contributed by atoms with Crippen LogP contribution in [-0.2, 0) is 0 Å². The summed E-state index contributed by atoms with van der Waals surface area (Å²) in [7, 11) is 0. The highest BCUT2D eigenvalue weighted by atomic mass is 35.5. The molecule has 3 aromatic rings. The van der Waals surface area contributed by atoms with E-state index in [0.29, 0.717) is 10.4 Å². The van der Waals surface area contributed by atoms with E-state index >= 15 is 0 Å². The van der Waals surface area contributed by atoms with E-state index in [-0.39, 0.29) is 16.6 Å². The molecule has 1 aromatic heterocycles. The summed E-state index contributed by atoms with van der Waals surface area (Å²) in [4.78, 5) is 23.3. The van der Waals surface area contributed by atoms with Crippen molar-refractivity contribution in [1.29, 1.82) is 0 Å². The van der Waals surface area contributed by atoms with Crippen LogP contribution in [0.1, 0.15) is 20.8 Å². The first kappa shape index (κ1) is 18.8. The molecule has 0 atom stereocenters. The summed E-state index contributed by atoms with van der Waals surface area (Å²) in [6.45, 7) is 2.00. The number of nitro groups is 1. The van der Waals surface area contributed by atoms with Crippen molar-refractivity contribution >= 4 is 40.7 Å². The Balaban J connectivity index is 1.75.